The molecule has 0 N–H and O–H groups in total. The van der Waals surface area contributed by atoms with Crippen LogP contribution in [-0.2, 0) is 0 Å². The van der Waals surface area contributed by atoms with Gasteiger partial charge in [-0.25, -0.2) is 4.98 Å². The predicted octanol–water partition coefficient (Wildman–Crippen LogP) is 13.8. The van der Waals surface area contributed by atoms with Crippen LogP contribution >= 0.6 is 0 Å². The van der Waals surface area contributed by atoms with Crippen LogP contribution < -0.4 is 0 Å². The molecule has 62 heavy (non-hydrogen) atoms. The number of fused-ring (bicyclic) bond motifs is 6. The molecule has 0 bridgehead atoms. The molecule has 0 atom stereocenters. The second kappa shape index (κ2) is 14.7. The summed E-state index contributed by atoms with van der Waals surface area (Å²) in [5.41, 5.74) is 14.2. The lowest BCUT2D eigenvalue weighted by Crippen LogP contribution is -2.08. The van der Waals surface area contributed by atoms with E-state index in [4.69, 9.17) is 19.9 Å². The SMILES string of the molecule is c1ccc(-c2cc(-c3ccccc3)c(-c3nc(-c4ccccc4-n4c5ccccc5c5ncccc54)nc(-n4c5ccccc5c5ccccc54)n3)c(-c3ccccc3)c2)cc1. The second-order valence-electron chi connectivity index (χ2n) is 15.4. The van der Waals surface area contributed by atoms with Crippen LogP contribution in [0.25, 0.3) is 112 Å². The normalized spacial score (nSPS) is 11.5. The number of rotatable bonds is 7. The first-order valence-electron chi connectivity index (χ1n) is 20.8. The number of aromatic nitrogens is 6. The van der Waals surface area contributed by atoms with Crippen LogP contribution in [0.1, 0.15) is 0 Å². The molecule has 6 nitrogen and oxygen atoms in total. The Morgan fingerprint density at radius 2 is 0.806 bits per heavy atom. The van der Waals surface area contributed by atoms with Crippen molar-refractivity contribution in [3.05, 3.63) is 219 Å². The fraction of sp³-hybridized carbons (Fsp3) is 0. The highest BCUT2D eigenvalue weighted by atomic mass is 15.2. The van der Waals surface area contributed by atoms with Crippen molar-refractivity contribution in [2.45, 2.75) is 0 Å². The Labute approximate surface area is 357 Å². The van der Waals surface area contributed by atoms with Crippen molar-refractivity contribution in [2.24, 2.45) is 0 Å². The van der Waals surface area contributed by atoms with E-state index in [9.17, 15) is 0 Å². The van der Waals surface area contributed by atoms with Gasteiger partial charge in [0.15, 0.2) is 11.6 Å². The largest absolute Gasteiger partial charge is 0.307 e. The third-order valence-electron chi connectivity index (χ3n) is 11.9. The Bertz CT molecular complexity index is 3460. The van der Waals surface area contributed by atoms with Gasteiger partial charge in [0.05, 0.1) is 33.3 Å². The summed E-state index contributed by atoms with van der Waals surface area (Å²) in [6.45, 7) is 0. The lowest BCUT2D eigenvalue weighted by molar-refractivity contribution is 0.952. The number of nitrogens with zero attached hydrogens (tertiary/aromatic N) is 6. The zero-order valence-electron chi connectivity index (χ0n) is 33.5. The van der Waals surface area contributed by atoms with Crippen LogP contribution in [-0.4, -0.2) is 29.1 Å². The Kier molecular flexibility index (Phi) is 8.38. The van der Waals surface area contributed by atoms with Crippen LogP contribution in [0.4, 0.5) is 0 Å². The van der Waals surface area contributed by atoms with E-state index in [1.165, 1.54) is 0 Å². The Morgan fingerprint density at radius 3 is 1.44 bits per heavy atom. The molecule has 0 aliphatic carbocycles. The summed E-state index contributed by atoms with van der Waals surface area (Å²) < 4.78 is 4.48. The molecular formula is C56H36N6. The van der Waals surface area contributed by atoms with Gasteiger partial charge in [0.2, 0.25) is 5.95 Å². The van der Waals surface area contributed by atoms with Crippen LogP contribution in [0.2, 0.25) is 0 Å². The zero-order valence-corrected chi connectivity index (χ0v) is 33.5. The maximum Gasteiger partial charge on any atom is 0.238 e. The molecule has 0 amide bonds. The summed E-state index contributed by atoms with van der Waals surface area (Å²) in [7, 11) is 0. The average Bonchev–Trinajstić information content (AvgIpc) is 3.87. The highest BCUT2D eigenvalue weighted by Crippen LogP contribution is 2.44. The minimum absolute atomic E-state index is 0.534. The Hall–Kier alpha value is -8.48. The standard InChI is InChI=1S/C56H36N6/c1-4-19-37(20-5-1)40-35-45(38-21-6-2-7-22-38)52(46(36-40)39-23-8-3-9-24-39)55-58-54(59-56(60-55)62-47-29-14-10-25-41(47)42-26-11-15-30-48(42)62)44-28-13-17-32-50(44)61-49-31-16-12-27-43(49)53-51(61)33-18-34-57-53/h1-36H. The molecule has 0 saturated carbocycles. The van der Waals surface area contributed by atoms with E-state index in [1.54, 1.807) is 0 Å². The van der Waals surface area contributed by atoms with Crippen molar-refractivity contribution in [1.82, 2.24) is 29.1 Å². The maximum atomic E-state index is 5.58. The molecule has 0 saturated heterocycles. The topological polar surface area (TPSA) is 61.4 Å². The van der Waals surface area contributed by atoms with Crippen molar-refractivity contribution in [1.29, 1.82) is 0 Å². The summed E-state index contributed by atoms with van der Waals surface area (Å²) in [6.07, 6.45) is 1.86. The molecule has 4 heterocycles. The van der Waals surface area contributed by atoms with Gasteiger partial charge in [0.25, 0.3) is 0 Å². The summed E-state index contributed by atoms with van der Waals surface area (Å²) in [5, 5.41) is 3.35. The van der Waals surface area contributed by atoms with Gasteiger partial charge in [-0.2, -0.15) is 9.97 Å². The number of benzene rings is 8. The van der Waals surface area contributed by atoms with Gasteiger partial charge in [-0.1, -0.05) is 158 Å². The number of pyridine rings is 1. The molecular weight excluding hydrogens is 757 g/mol. The molecule has 0 spiro atoms. The van der Waals surface area contributed by atoms with E-state index in [-0.39, 0.29) is 0 Å². The number of para-hydroxylation sites is 4. The molecule has 0 unspecified atom stereocenters. The molecule has 12 rings (SSSR count). The summed E-state index contributed by atoms with van der Waals surface area (Å²) in [6, 6.07) is 74.3. The minimum atomic E-state index is 0.534. The molecule has 290 valence electrons. The predicted molar refractivity (Wildman–Crippen MR) is 253 cm³/mol. The van der Waals surface area contributed by atoms with Gasteiger partial charge < -0.3 is 4.57 Å². The fourth-order valence-corrected chi connectivity index (χ4v) is 9.11. The monoisotopic (exact) mass is 792 g/mol. The van der Waals surface area contributed by atoms with Gasteiger partial charge in [-0.15, -0.1) is 0 Å². The highest BCUT2D eigenvalue weighted by molar-refractivity contribution is 6.09. The van der Waals surface area contributed by atoms with Crippen LogP contribution in [0, 0.1) is 0 Å². The van der Waals surface area contributed by atoms with E-state index >= 15 is 0 Å². The summed E-state index contributed by atoms with van der Waals surface area (Å²) in [5.74, 6) is 1.66. The van der Waals surface area contributed by atoms with E-state index in [1.807, 2.05) is 12.3 Å². The first-order valence-corrected chi connectivity index (χ1v) is 20.8. The van der Waals surface area contributed by atoms with Crippen LogP contribution in [0.3, 0.4) is 0 Å². The molecule has 0 aliphatic heterocycles. The average molecular weight is 793 g/mol. The smallest absolute Gasteiger partial charge is 0.238 e. The third-order valence-corrected chi connectivity index (χ3v) is 11.9. The summed E-state index contributed by atoms with van der Waals surface area (Å²) >= 11 is 0. The molecule has 0 radical (unpaired) electrons. The van der Waals surface area contributed by atoms with Crippen molar-refractivity contribution in [3.8, 4) is 67.8 Å². The van der Waals surface area contributed by atoms with Gasteiger partial charge in [-0.05, 0) is 88.0 Å². The highest BCUT2D eigenvalue weighted by Gasteiger charge is 2.25. The van der Waals surface area contributed by atoms with Crippen molar-refractivity contribution < 1.29 is 0 Å². The first-order chi connectivity index (χ1) is 30.8. The second-order valence-corrected chi connectivity index (χ2v) is 15.4. The molecule has 6 heteroatoms. The van der Waals surface area contributed by atoms with E-state index in [0.29, 0.717) is 17.6 Å². The Morgan fingerprint density at radius 1 is 0.323 bits per heavy atom. The minimum Gasteiger partial charge on any atom is -0.307 e. The molecule has 0 fully saturated rings. The van der Waals surface area contributed by atoms with Gasteiger partial charge in [0.1, 0.15) is 0 Å². The maximum absolute atomic E-state index is 5.58. The number of hydrogen-bond donors (Lipinski definition) is 0. The van der Waals surface area contributed by atoms with E-state index < -0.39 is 0 Å². The van der Waals surface area contributed by atoms with Crippen molar-refractivity contribution >= 4 is 43.7 Å². The van der Waals surface area contributed by atoms with Gasteiger partial charge >= 0.3 is 0 Å². The third kappa shape index (κ3) is 5.80. The van der Waals surface area contributed by atoms with E-state index in [0.717, 1.165) is 93.9 Å². The van der Waals surface area contributed by atoms with E-state index in [2.05, 4.69) is 215 Å². The van der Waals surface area contributed by atoms with Crippen LogP contribution in [0.5, 0.6) is 0 Å². The molecule has 0 aliphatic rings. The molecule has 12 aromatic rings. The zero-order chi connectivity index (χ0) is 41.0. The lowest BCUT2D eigenvalue weighted by Gasteiger charge is -2.20. The molecule has 4 aromatic heterocycles. The summed E-state index contributed by atoms with van der Waals surface area (Å²) in [4.78, 5) is 21.5. The van der Waals surface area contributed by atoms with Gasteiger partial charge in [-0.3, -0.25) is 9.55 Å². The van der Waals surface area contributed by atoms with Crippen LogP contribution in [0.15, 0.2) is 219 Å². The first kappa shape index (κ1) is 35.5. The number of hydrogen-bond acceptors (Lipinski definition) is 4. The lowest BCUT2D eigenvalue weighted by atomic mass is 9.87. The Balaban J connectivity index is 1.22. The molecule has 8 aromatic carbocycles. The fourth-order valence-electron chi connectivity index (χ4n) is 9.11. The van der Waals surface area contributed by atoms with Gasteiger partial charge in [0, 0.05) is 33.5 Å². The van der Waals surface area contributed by atoms with Crippen molar-refractivity contribution in [3.63, 3.8) is 0 Å². The van der Waals surface area contributed by atoms with Crippen molar-refractivity contribution in [2.75, 3.05) is 0 Å². The quantitative estimate of drug-likeness (QED) is 0.161.